The predicted octanol–water partition coefficient (Wildman–Crippen LogP) is 4.75. The zero-order valence-corrected chi connectivity index (χ0v) is 17.7. The summed E-state index contributed by atoms with van der Waals surface area (Å²) in [5, 5.41) is 2.96. The summed E-state index contributed by atoms with van der Waals surface area (Å²) in [6.45, 7) is 10.4. The van der Waals surface area contributed by atoms with Gasteiger partial charge in [-0.2, -0.15) is 0 Å². The highest BCUT2D eigenvalue weighted by molar-refractivity contribution is 5.90. The number of carbonyl (C=O) groups is 1. The zero-order valence-electron chi connectivity index (χ0n) is 17.7. The second-order valence-electron chi connectivity index (χ2n) is 7.82. The van der Waals surface area contributed by atoms with Gasteiger partial charge in [0.1, 0.15) is 5.75 Å². The molecule has 2 aromatic rings. The Morgan fingerprint density at radius 3 is 2.52 bits per heavy atom. The Kier molecular flexibility index (Phi) is 7.53. The highest BCUT2D eigenvalue weighted by Gasteiger charge is 2.11. The Morgan fingerprint density at radius 2 is 1.86 bits per heavy atom. The third-order valence-electron chi connectivity index (χ3n) is 5.21. The Bertz CT molecular complexity index is 796. The Labute approximate surface area is 174 Å². The molecular weight excluding hydrogens is 364 g/mol. The maximum Gasteiger partial charge on any atom is 0.224 e. The van der Waals surface area contributed by atoms with Crippen molar-refractivity contribution in [2.24, 2.45) is 0 Å². The third-order valence-corrected chi connectivity index (χ3v) is 5.21. The van der Waals surface area contributed by atoms with Gasteiger partial charge in [-0.05, 0) is 66.8 Å². The molecule has 1 aliphatic heterocycles. The summed E-state index contributed by atoms with van der Waals surface area (Å²) >= 11 is 0. The van der Waals surface area contributed by atoms with Crippen molar-refractivity contribution in [3.8, 4) is 5.75 Å². The molecule has 5 nitrogen and oxygen atoms in total. The first kappa shape index (κ1) is 21.2. The summed E-state index contributed by atoms with van der Waals surface area (Å²) in [6, 6.07) is 14.2. The van der Waals surface area contributed by atoms with Crippen LogP contribution in [0, 0.1) is 6.92 Å². The van der Waals surface area contributed by atoms with Crippen LogP contribution in [0.15, 0.2) is 42.5 Å². The average molecular weight is 397 g/mol. The Balaban J connectivity index is 1.39. The van der Waals surface area contributed by atoms with E-state index in [0.717, 1.165) is 37.7 Å². The summed E-state index contributed by atoms with van der Waals surface area (Å²) in [5.74, 6) is 1.39. The molecule has 29 heavy (non-hydrogen) atoms. The molecule has 1 aliphatic rings. The lowest BCUT2D eigenvalue weighted by molar-refractivity contribution is -0.116. The van der Waals surface area contributed by atoms with Crippen molar-refractivity contribution < 1.29 is 14.3 Å². The van der Waals surface area contributed by atoms with E-state index in [2.05, 4.69) is 43.1 Å². The van der Waals surface area contributed by atoms with E-state index >= 15 is 0 Å². The van der Waals surface area contributed by atoms with Crippen molar-refractivity contribution in [2.45, 2.75) is 39.5 Å². The van der Waals surface area contributed by atoms with Gasteiger partial charge >= 0.3 is 0 Å². The lowest BCUT2D eigenvalue weighted by Crippen LogP contribution is -2.36. The fourth-order valence-electron chi connectivity index (χ4n) is 3.61. The largest absolute Gasteiger partial charge is 0.494 e. The molecule has 0 atom stereocenters. The maximum absolute atomic E-state index is 12.2. The average Bonchev–Trinajstić information content (AvgIpc) is 2.72. The van der Waals surface area contributed by atoms with Crippen molar-refractivity contribution in [3.05, 3.63) is 53.6 Å². The van der Waals surface area contributed by atoms with Crippen LogP contribution in [0.3, 0.4) is 0 Å². The molecule has 1 saturated heterocycles. The highest BCUT2D eigenvalue weighted by Crippen LogP contribution is 2.23. The summed E-state index contributed by atoms with van der Waals surface area (Å²) in [6.07, 6.45) is 1.12. The quantitative estimate of drug-likeness (QED) is 0.654. The van der Waals surface area contributed by atoms with Gasteiger partial charge in [-0.3, -0.25) is 4.79 Å². The van der Waals surface area contributed by atoms with Gasteiger partial charge in [0.25, 0.3) is 0 Å². The smallest absolute Gasteiger partial charge is 0.224 e. The molecule has 0 bridgehead atoms. The number of nitrogens with zero attached hydrogens (tertiary/aromatic N) is 1. The molecule has 3 rings (SSSR count). The van der Waals surface area contributed by atoms with Crippen molar-refractivity contribution in [2.75, 3.05) is 43.1 Å². The number of amides is 1. The van der Waals surface area contributed by atoms with Crippen LogP contribution in [-0.2, 0) is 9.53 Å². The molecule has 0 radical (unpaired) electrons. The van der Waals surface area contributed by atoms with Crippen molar-refractivity contribution in [1.82, 2.24) is 0 Å². The number of anilines is 2. The normalized spacial score (nSPS) is 14.1. The monoisotopic (exact) mass is 396 g/mol. The number of nitrogens with one attached hydrogen (secondary N) is 1. The maximum atomic E-state index is 12.2. The molecule has 1 amide bonds. The van der Waals surface area contributed by atoms with Crippen LogP contribution in [0.2, 0.25) is 0 Å². The van der Waals surface area contributed by atoms with E-state index in [1.54, 1.807) is 0 Å². The summed E-state index contributed by atoms with van der Waals surface area (Å²) in [5.41, 5.74) is 4.58. The van der Waals surface area contributed by atoms with Gasteiger partial charge in [0, 0.05) is 30.9 Å². The highest BCUT2D eigenvalue weighted by atomic mass is 16.5. The number of ether oxygens (including phenoxy) is 2. The van der Waals surface area contributed by atoms with Crippen LogP contribution in [0.4, 0.5) is 11.4 Å². The van der Waals surface area contributed by atoms with Crippen LogP contribution in [0.5, 0.6) is 5.75 Å². The summed E-state index contributed by atoms with van der Waals surface area (Å²) < 4.78 is 11.2. The molecule has 1 heterocycles. The third kappa shape index (κ3) is 6.23. The Hall–Kier alpha value is -2.53. The molecule has 0 spiro atoms. The van der Waals surface area contributed by atoms with E-state index in [4.69, 9.17) is 9.47 Å². The second-order valence-corrected chi connectivity index (χ2v) is 7.82. The van der Waals surface area contributed by atoms with Gasteiger partial charge in [-0.1, -0.05) is 19.9 Å². The molecule has 5 heteroatoms. The molecule has 1 fully saturated rings. The number of rotatable bonds is 8. The van der Waals surface area contributed by atoms with Crippen molar-refractivity contribution in [3.63, 3.8) is 0 Å². The van der Waals surface area contributed by atoms with E-state index in [1.807, 2.05) is 30.3 Å². The number of benzene rings is 2. The standard InChI is InChI=1S/C24H32N2O3/c1-18(2)23-11-10-22(17-19(23)3)29-14-4-5-24(27)25-20-6-8-21(9-7-20)26-12-15-28-16-13-26/h6-11,17-18H,4-5,12-16H2,1-3H3,(H,25,27). The lowest BCUT2D eigenvalue weighted by Gasteiger charge is -2.28. The Morgan fingerprint density at radius 1 is 1.14 bits per heavy atom. The fourth-order valence-corrected chi connectivity index (χ4v) is 3.61. The number of carbonyl (C=O) groups excluding carboxylic acids is 1. The van der Waals surface area contributed by atoms with Gasteiger partial charge in [-0.15, -0.1) is 0 Å². The molecule has 0 aliphatic carbocycles. The summed E-state index contributed by atoms with van der Waals surface area (Å²) in [4.78, 5) is 14.5. The molecule has 0 aromatic heterocycles. The second kappa shape index (κ2) is 10.3. The first-order valence-corrected chi connectivity index (χ1v) is 10.5. The van der Waals surface area contributed by atoms with Crippen LogP contribution in [0.25, 0.3) is 0 Å². The number of hydrogen-bond donors (Lipinski definition) is 1. The molecule has 0 saturated carbocycles. The topological polar surface area (TPSA) is 50.8 Å². The van der Waals surface area contributed by atoms with Gasteiger partial charge in [0.15, 0.2) is 0 Å². The molecule has 0 unspecified atom stereocenters. The summed E-state index contributed by atoms with van der Waals surface area (Å²) in [7, 11) is 0. The lowest BCUT2D eigenvalue weighted by atomic mass is 9.98. The first-order chi connectivity index (χ1) is 14.0. The van der Waals surface area contributed by atoms with E-state index in [1.165, 1.54) is 16.8 Å². The first-order valence-electron chi connectivity index (χ1n) is 10.5. The minimum atomic E-state index is 0.0130. The molecule has 156 valence electrons. The molecule has 2 aromatic carbocycles. The minimum Gasteiger partial charge on any atom is -0.494 e. The van der Waals surface area contributed by atoms with Gasteiger partial charge < -0.3 is 19.7 Å². The van der Waals surface area contributed by atoms with Crippen LogP contribution in [0.1, 0.15) is 43.7 Å². The minimum absolute atomic E-state index is 0.0130. The number of morpholine rings is 1. The van der Waals surface area contributed by atoms with Gasteiger partial charge in [0.05, 0.1) is 19.8 Å². The van der Waals surface area contributed by atoms with Crippen molar-refractivity contribution >= 4 is 17.3 Å². The van der Waals surface area contributed by atoms with Crippen molar-refractivity contribution in [1.29, 1.82) is 0 Å². The molecule has 1 N–H and O–H groups in total. The van der Waals surface area contributed by atoms with Gasteiger partial charge in [0.2, 0.25) is 5.91 Å². The van der Waals surface area contributed by atoms with Crippen LogP contribution in [-0.4, -0.2) is 38.8 Å². The van der Waals surface area contributed by atoms with Gasteiger partial charge in [-0.25, -0.2) is 0 Å². The van der Waals surface area contributed by atoms with E-state index in [-0.39, 0.29) is 5.91 Å². The SMILES string of the molecule is Cc1cc(OCCCC(=O)Nc2ccc(N3CCOCC3)cc2)ccc1C(C)C. The van der Waals surface area contributed by atoms with Crippen LogP contribution < -0.4 is 15.0 Å². The van der Waals surface area contributed by atoms with E-state index < -0.39 is 0 Å². The number of aryl methyl sites for hydroxylation is 1. The fraction of sp³-hybridized carbons (Fsp3) is 0.458. The zero-order chi connectivity index (χ0) is 20.6. The van der Waals surface area contributed by atoms with E-state index in [9.17, 15) is 4.79 Å². The molecular formula is C24H32N2O3. The van der Waals surface area contributed by atoms with Crippen LogP contribution >= 0.6 is 0 Å². The number of hydrogen-bond acceptors (Lipinski definition) is 4. The van der Waals surface area contributed by atoms with E-state index in [0.29, 0.717) is 25.4 Å². The predicted molar refractivity (Wildman–Crippen MR) is 118 cm³/mol.